The highest BCUT2D eigenvalue weighted by Crippen LogP contribution is 2.32. The van der Waals surface area contributed by atoms with Gasteiger partial charge in [-0.15, -0.1) is 0 Å². The molecular weight excluding hydrogens is 269 g/mol. The van der Waals surface area contributed by atoms with Crippen molar-refractivity contribution >= 4 is 19.0 Å². The lowest BCUT2D eigenvalue weighted by atomic mass is 9.62. The molecule has 1 aliphatic carbocycles. The zero-order valence-corrected chi connectivity index (χ0v) is 12.8. The van der Waals surface area contributed by atoms with E-state index in [0.29, 0.717) is 18.7 Å². The van der Waals surface area contributed by atoms with E-state index in [1.54, 1.807) is 0 Å². The predicted molar refractivity (Wildman–Crippen MR) is 80.9 cm³/mol. The van der Waals surface area contributed by atoms with Gasteiger partial charge in [-0.25, -0.2) is 0 Å². The minimum absolute atomic E-state index is 0.109. The second-order valence-electron chi connectivity index (χ2n) is 6.59. The summed E-state index contributed by atoms with van der Waals surface area (Å²) in [6.07, 6.45) is 8.31. The summed E-state index contributed by atoms with van der Waals surface area (Å²) in [6, 6.07) is -0.321. The number of carbonyl (C=O) groups is 2. The molecule has 2 fully saturated rings. The molecule has 1 aliphatic heterocycles. The Bertz CT molecular complexity index is 367. The van der Waals surface area contributed by atoms with Crippen LogP contribution in [0.4, 0.5) is 0 Å². The summed E-state index contributed by atoms with van der Waals surface area (Å²) in [4.78, 5) is 22.4. The Morgan fingerprint density at radius 1 is 1.33 bits per heavy atom. The fourth-order valence-electron chi connectivity index (χ4n) is 3.45. The van der Waals surface area contributed by atoms with E-state index >= 15 is 0 Å². The van der Waals surface area contributed by atoms with Gasteiger partial charge in [-0.3, -0.25) is 9.59 Å². The minimum atomic E-state index is -0.813. The normalized spacial score (nSPS) is 30.6. The number of hydrogen-bond donors (Lipinski definition) is 2. The van der Waals surface area contributed by atoms with E-state index in [1.165, 1.54) is 25.7 Å². The van der Waals surface area contributed by atoms with Crippen LogP contribution < -0.4 is 5.23 Å². The second-order valence-corrected chi connectivity index (χ2v) is 6.59. The largest absolute Gasteiger partial charge is 0.519 e. The summed E-state index contributed by atoms with van der Waals surface area (Å²) < 4.78 is 5.50. The molecule has 0 radical (unpaired) electrons. The molecule has 0 unspecified atom stereocenters. The maximum absolute atomic E-state index is 11.9. The van der Waals surface area contributed by atoms with Crippen LogP contribution in [-0.4, -0.2) is 30.1 Å². The lowest BCUT2D eigenvalue weighted by Gasteiger charge is -2.23. The van der Waals surface area contributed by atoms with E-state index in [2.05, 4.69) is 12.2 Å². The van der Waals surface area contributed by atoms with Crippen molar-refractivity contribution in [1.29, 1.82) is 0 Å². The highest BCUT2D eigenvalue weighted by atomic mass is 16.5. The lowest BCUT2D eigenvalue weighted by molar-refractivity contribution is -0.138. The van der Waals surface area contributed by atoms with E-state index in [1.807, 2.05) is 0 Å². The van der Waals surface area contributed by atoms with Crippen LogP contribution in [-0.2, 0) is 14.2 Å². The molecule has 2 N–H and O–H groups in total. The molecule has 21 heavy (non-hydrogen) atoms. The van der Waals surface area contributed by atoms with Gasteiger partial charge < -0.3 is 15.0 Å². The molecule has 118 valence electrons. The Morgan fingerprint density at radius 2 is 2.00 bits per heavy atom. The molecule has 0 aromatic carbocycles. The first-order valence-corrected chi connectivity index (χ1v) is 8.24. The smallest absolute Gasteiger partial charge is 0.452 e. The van der Waals surface area contributed by atoms with Crippen molar-refractivity contribution in [2.24, 2.45) is 5.92 Å². The van der Waals surface area contributed by atoms with Crippen molar-refractivity contribution < 1.29 is 19.3 Å². The first-order valence-electron chi connectivity index (χ1n) is 8.24. The van der Waals surface area contributed by atoms with Gasteiger partial charge in [0.1, 0.15) is 0 Å². The van der Waals surface area contributed by atoms with Crippen molar-refractivity contribution in [2.45, 2.75) is 76.6 Å². The Morgan fingerprint density at radius 3 is 2.62 bits per heavy atom. The Labute approximate surface area is 126 Å². The summed E-state index contributed by atoms with van der Waals surface area (Å²) >= 11 is 0. The zero-order chi connectivity index (χ0) is 15.2. The van der Waals surface area contributed by atoms with Crippen LogP contribution in [0.25, 0.3) is 0 Å². The number of hydrogen-bond acceptors (Lipinski definition) is 4. The SMILES string of the molecule is CC1CCCC(B2N[C@@H](CCCC(=O)O)C(=O)O2)CCC1. The van der Waals surface area contributed by atoms with Crippen molar-refractivity contribution in [3.8, 4) is 0 Å². The van der Waals surface area contributed by atoms with Crippen LogP contribution in [0.1, 0.15) is 64.7 Å². The summed E-state index contributed by atoms with van der Waals surface area (Å²) in [7, 11) is -0.166. The van der Waals surface area contributed by atoms with Gasteiger partial charge in [0.2, 0.25) is 0 Å². The predicted octanol–water partition coefficient (Wildman–Crippen LogP) is 2.61. The number of carboxylic acid groups (broad SMARTS) is 1. The van der Waals surface area contributed by atoms with Gasteiger partial charge in [-0.2, -0.15) is 0 Å². The number of carbonyl (C=O) groups excluding carboxylic acids is 1. The van der Waals surface area contributed by atoms with Crippen LogP contribution in [0.5, 0.6) is 0 Å². The van der Waals surface area contributed by atoms with E-state index in [0.717, 1.165) is 18.8 Å². The lowest BCUT2D eigenvalue weighted by Crippen LogP contribution is -2.38. The molecule has 0 amide bonds. The highest BCUT2D eigenvalue weighted by Gasteiger charge is 2.42. The van der Waals surface area contributed by atoms with Gasteiger partial charge in [0.05, 0.1) is 6.04 Å². The molecule has 2 aliphatic rings. The fraction of sp³-hybridized carbons (Fsp3) is 0.867. The maximum atomic E-state index is 11.9. The Balaban J connectivity index is 1.79. The van der Waals surface area contributed by atoms with Crippen LogP contribution in [0, 0.1) is 5.92 Å². The van der Waals surface area contributed by atoms with E-state index < -0.39 is 5.97 Å². The molecule has 0 aromatic heterocycles. The zero-order valence-electron chi connectivity index (χ0n) is 12.8. The van der Waals surface area contributed by atoms with Gasteiger partial charge in [0.25, 0.3) is 0 Å². The number of rotatable bonds is 5. The van der Waals surface area contributed by atoms with Gasteiger partial charge in [-0.05, 0) is 24.6 Å². The van der Waals surface area contributed by atoms with Crippen LogP contribution >= 0.6 is 0 Å². The Kier molecular flexibility index (Phi) is 6.09. The summed E-state index contributed by atoms with van der Waals surface area (Å²) in [5.74, 6) is 0.201. The van der Waals surface area contributed by atoms with Crippen LogP contribution in [0.2, 0.25) is 5.82 Å². The fourth-order valence-corrected chi connectivity index (χ4v) is 3.45. The third-order valence-corrected chi connectivity index (χ3v) is 4.75. The van der Waals surface area contributed by atoms with Crippen molar-refractivity contribution in [2.75, 3.05) is 0 Å². The molecule has 5 nitrogen and oxygen atoms in total. The molecule has 1 saturated heterocycles. The average Bonchev–Trinajstić information content (AvgIpc) is 2.75. The summed E-state index contributed by atoms with van der Waals surface area (Å²) in [6.45, 7) is 2.31. The van der Waals surface area contributed by atoms with Gasteiger partial charge >= 0.3 is 19.0 Å². The van der Waals surface area contributed by atoms with Crippen molar-refractivity contribution in [1.82, 2.24) is 5.23 Å². The van der Waals surface area contributed by atoms with Crippen LogP contribution in [0.15, 0.2) is 0 Å². The molecule has 6 heteroatoms. The molecule has 0 spiro atoms. The number of aliphatic carboxylic acids is 1. The molecule has 1 saturated carbocycles. The third-order valence-electron chi connectivity index (χ3n) is 4.75. The van der Waals surface area contributed by atoms with E-state index in [-0.39, 0.29) is 25.5 Å². The number of nitrogens with one attached hydrogen (secondary N) is 1. The molecule has 0 bridgehead atoms. The number of carboxylic acids is 1. The van der Waals surface area contributed by atoms with Crippen molar-refractivity contribution in [3.05, 3.63) is 0 Å². The quantitative estimate of drug-likeness (QED) is 0.762. The van der Waals surface area contributed by atoms with Crippen molar-refractivity contribution in [3.63, 3.8) is 0 Å². The molecule has 0 aromatic rings. The van der Waals surface area contributed by atoms with E-state index in [4.69, 9.17) is 9.76 Å². The molecule has 1 atom stereocenters. The topological polar surface area (TPSA) is 75.6 Å². The Hall–Kier alpha value is -1.04. The van der Waals surface area contributed by atoms with Gasteiger partial charge in [0, 0.05) is 6.42 Å². The summed E-state index contributed by atoms with van der Waals surface area (Å²) in [5, 5.41) is 11.9. The first-order chi connectivity index (χ1) is 10.1. The molecule has 1 heterocycles. The molecular formula is C15H26BNO4. The summed E-state index contributed by atoms with van der Waals surface area (Å²) in [5.41, 5.74) is 0. The minimum Gasteiger partial charge on any atom is -0.519 e. The monoisotopic (exact) mass is 295 g/mol. The molecule has 2 rings (SSSR count). The average molecular weight is 295 g/mol. The van der Waals surface area contributed by atoms with Crippen LogP contribution in [0.3, 0.4) is 0 Å². The highest BCUT2D eigenvalue weighted by molar-refractivity contribution is 6.55. The third kappa shape index (κ3) is 5.02. The maximum Gasteiger partial charge on any atom is 0.452 e. The van der Waals surface area contributed by atoms with Gasteiger partial charge in [-0.1, -0.05) is 45.4 Å². The van der Waals surface area contributed by atoms with E-state index in [9.17, 15) is 9.59 Å². The first kappa shape index (κ1) is 16.3. The second kappa shape index (κ2) is 7.83. The van der Waals surface area contributed by atoms with Gasteiger partial charge in [0.15, 0.2) is 0 Å². The standard InChI is InChI=1S/C15H26BNO4/c1-11-5-2-7-12(8-3-6-11)16-17-13(15(20)21-16)9-4-10-14(18)19/h11-13,17H,2-10H2,1H3,(H,18,19)/t11?,12?,13-/m0/s1.